The normalized spacial score (nSPS) is 9.42. The van der Waals surface area contributed by atoms with Gasteiger partial charge in [0.2, 0.25) is 0 Å². The Hall–Kier alpha value is 0.336. The summed E-state index contributed by atoms with van der Waals surface area (Å²) < 4.78 is 0. The van der Waals surface area contributed by atoms with Crippen LogP contribution < -0.4 is 0 Å². The molecule has 1 heteroatoms. The zero-order chi connectivity index (χ0) is 7.68. The maximum atomic E-state index is 2.16. The van der Waals surface area contributed by atoms with E-state index in [1.165, 1.54) is 16.3 Å². The Labute approximate surface area is 115 Å². The van der Waals surface area contributed by atoms with Crippen molar-refractivity contribution in [2.24, 2.45) is 0 Å². The van der Waals surface area contributed by atoms with Gasteiger partial charge in [0.1, 0.15) is 0 Å². The standard InChI is InChI=1S/C11H10.K/c1-9-5-4-7-10-6-2-3-8-11(9)10;/h2-8H,1H3;. The maximum absolute atomic E-state index is 2.16. The molecule has 0 aliphatic carbocycles. The summed E-state index contributed by atoms with van der Waals surface area (Å²) in [5.74, 6) is 0. The summed E-state index contributed by atoms with van der Waals surface area (Å²) in [6, 6.07) is 14.8. The fourth-order valence-electron chi connectivity index (χ4n) is 1.39. The largest absolute Gasteiger partial charge is 0.0616 e. The van der Waals surface area contributed by atoms with E-state index in [9.17, 15) is 0 Å². The van der Waals surface area contributed by atoms with Gasteiger partial charge in [-0.3, -0.25) is 0 Å². The zero-order valence-corrected chi connectivity index (χ0v) is 10.7. The van der Waals surface area contributed by atoms with Crippen LogP contribution in [0.25, 0.3) is 10.8 Å². The van der Waals surface area contributed by atoms with Gasteiger partial charge in [-0.2, -0.15) is 0 Å². The molecule has 12 heavy (non-hydrogen) atoms. The molecule has 0 nitrogen and oxygen atoms in total. The Morgan fingerprint density at radius 3 is 2.25 bits per heavy atom. The second-order valence-corrected chi connectivity index (χ2v) is 2.80. The minimum Gasteiger partial charge on any atom is -0.0616 e. The third-order valence-corrected chi connectivity index (χ3v) is 2.01. The van der Waals surface area contributed by atoms with Crippen LogP contribution in [0.5, 0.6) is 0 Å². The molecule has 2 aromatic carbocycles. The van der Waals surface area contributed by atoms with Gasteiger partial charge in [0.25, 0.3) is 0 Å². The molecule has 0 atom stereocenters. The Morgan fingerprint density at radius 1 is 0.833 bits per heavy atom. The maximum Gasteiger partial charge on any atom is 0 e. The smallest absolute Gasteiger partial charge is 0 e. The number of aryl methyl sites for hydroxylation is 1. The first-order valence-electron chi connectivity index (χ1n) is 3.82. The van der Waals surface area contributed by atoms with Crippen molar-refractivity contribution in [3.8, 4) is 0 Å². The average molecular weight is 181 g/mol. The van der Waals surface area contributed by atoms with Gasteiger partial charge >= 0.3 is 0 Å². The van der Waals surface area contributed by atoms with Crippen LogP contribution in [0, 0.1) is 6.92 Å². The monoisotopic (exact) mass is 181 g/mol. The molecule has 0 amide bonds. The molecule has 2 rings (SSSR count). The van der Waals surface area contributed by atoms with Gasteiger partial charge in [0.05, 0.1) is 0 Å². The predicted molar refractivity (Wildman–Crippen MR) is 54.4 cm³/mol. The zero-order valence-electron chi connectivity index (χ0n) is 7.54. The number of hydrogen-bond donors (Lipinski definition) is 0. The summed E-state index contributed by atoms with van der Waals surface area (Å²) in [5, 5.41) is 2.68. The van der Waals surface area contributed by atoms with E-state index in [2.05, 4.69) is 49.4 Å². The molecular formula is C11H10K. The summed E-state index contributed by atoms with van der Waals surface area (Å²) in [6.45, 7) is 2.14. The number of hydrogen-bond acceptors (Lipinski definition) is 0. The fraction of sp³-hybridized carbons (Fsp3) is 0.0909. The van der Waals surface area contributed by atoms with Crippen LogP contribution >= 0.6 is 0 Å². The van der Waals surface area contributed by atoms with Crippen LogP contribution in [-0.2, 0) is 0 Å². The van der Waals surface area contributed by atoms with Crippen LogP contribution in [0.2, 0.25) is 0 Å². The molecule has 0 aliphatic heterocycles. The molecule has 0 aromatic heterocycles. The van der Waals surface area contributed by atoms with Crippen molar-refractivity contribution in [1.82, 2.24) is 0 Å². The van der Waals surface area contributed by atoms with Gasteiger partial charge in [0, 0.05) is 51.4 Å². The minimum atomic E-state index is 0. The van der Waals surface area contributed by atoms with Crippen LogP contribution in [0.15, 0.2) is 42.5 Å². The van der Waals surface area contributed by atoms with E-state index >= 15 is 0 Å². The third-order valence-electron chi connectivity index (χ3n) is 2.01. The number of rotatable bonds is 0. The first-order valence-corrected chi connectivity index (χ1v) is 3.82. The minimum absolute atomic E-state index is 0. The molecule has 0 saturated carbocycles. The second kappa shape index (κ2) is 4.54. The summed E-state index contributed by atoms with van der Waals surface area (Å²) >= 11 is 0. The van der Waals surface area contributed by atoms with Crippen molar-refractivity contribution in [3.63, 3.8) is 0 Å². The molecule has 0 fully saturated rings. The average Bonchev–Trinajstić information content (AvgIpc) is 2.06. The fourth-order valence-corrected chi connectivity index (χ4v) is 1.39. The van der Waals surface area contributed by atoms with E-state index < -0.39 is 0 Å². The van der Waals surface area contributed by atoms with Crippen LogP contribution in [0.1, 0.15) is 5.56 Å². The molecule has 0 bridgehead atoms. The molecule has 0 heterocycles. The molecule has 2 aromatic rings. The molecule has 0 unspecified atom stereocenters. The molecule has 1 radical (unpaired) electrons. The Bertz CT molecular complexity index is 374. The topological polar surface area (TPSA) is 0 Å². The predicted octanol–water partition coefficient (Wildman–Crippen LogP) is 2.77. The van der Waals surface area contributed by atoms with E-state index in [-0.39, 0.29) is 51.4 Å². The molecule has 0 N–H and O–H groups in total. The summed E-state index contributed by atoms with van der Waals surface area (Å²) in [7, 11) is 0. The Kier molecular flexibility index (Phi) is 3.94. The first kappa shape index (κ1) is 10.4. The quantitative estimate of drug-likeness (QED) is 0.548. The van der Waals surface area contributed by atoms with Gasteiger partial charge in [0.15, 0.2) is 0 Å². The van der Waals surface area contributed by atoms with Crippen molar-refractivity contribution in [1.29, 1.82) is 0 Å². The van der Waals surface area contributed by atoms with Crippen molar-refractivity contribution < 1.29 is 0 Å². The van der Waals surface area contributed by atoms with E-state index in [0.717, 1.165) is 0 Å². The van der Waals surface area contributed by atoms with Crippen LogP contribution in [-0.4, -0.2) is 51.4 Å². The first-order chi connectivity index (χ1) is 5.38. The molecule has 0 spiro atoms. The summed E-state index contributed by atoms with van der Waals surface area (Å²) in [5.41, 5.74) is 1.35. The number of fused-ring (bicyclic) bond motifs is 1. The van der Waals surface area contributed by atoms with Crippen molar-refractivity contribution >= 4 is 62.2 Å². The van der Waals surface area contributed by atoms with Crippen molar-refractivity contribution in [2.75, 3.05) is 0 Å². The summed E-state index contributed by atoms with van der Waals surface area (Å²) in [6.07, 6.45) is 0. The Balaban J connectivity index is 0.000000720. The SMILES string of the molecule is Cc1cccc2ccccc12.[K]. The van der Waals surface area contributed by atoms with E-state index in [1.54, 1.807) is 0 Å². The van der Waals surface area contributed by atoms with Crippen molar-refractivity contribution in [2.45, 2.75) is 6.92 Å². The Morgan fingerprint density at radius 2 is 1.50 bits per heavy atom. The number of benzene rings is 2. The molecule has 55 valence electrons. The third kappa shape index (κ3) is 1.98. The molecule has 0 saturated heterocycles. The van der Waals surface area contributed by atoms with Gasteiger partial charge < -0.3 is 0 Å². The van der Waals surface area contributed by atoms with Gasteiger partial charge in [-0.05, 0) is 23.3 Å². The van der Waals surface area contributed by atoms with Crippen LogP contribution in [0.3, 0.4) is 0 Å². The van der Waals surface area contributed by atoms with Crippen molar-refractivity contribution in [3.05, 3.63) is 48.0 Å². The molecule has 0 aliphatic rings. The van der Waals surface area contributed by atoms with E-state index in [0.29, 0.717) is 0 Å². The van der Waals surface area contributed by atoms with Crippen LogP contribution in [0.4, 0.5) is 0 Å². The van der Waals surface area contributed by atoms with Gasteiger partial charge in [-0.15, -0.1) is 0 Å². The van der Waals surface area contributed by atoms with Gasteiger partial charge in [-0.25, -0.2) is 0 Å². The van der Waals surface area contributed by atoms with Gasteiger partial charge in [-0.1, -0.05) is 42.5 Å². The molecular weight excluding hydrogens is 171 g/mol. The van der Waals surface area contributed by atoms with E-state index in [4.69, 9.17) is 0 Å². The van der Waals surface area contributed by atoms with E-state index in [1.807, 2.05) is 0 Å². The summed E-state index contributed by atoms with van der Waals surface area (Å²) in [4.78, 5) is 0. The second-order valence-electron chi connectivity index (χ2n) is 2.80.